The van der Waals surface area contributed by atoms with E-state index in [9.17, 15) is 9.59 Å². The lowest BCUT2D eigenvalue weighted by atomic mass is 10.2. The molecule has 0 atom stereocenters. The number of hydrogen-bond donors (Lipinski definition) is 3. The van der Waals surface area contributed by atoms with E-state index in [2.05, 4.69) is 5.32 Å². The molecule has 3 N–H and O–H groups in total. The van der Waals surface area contributed by atoms with Gasteiger partial charge in [-0.2, -0.15) is 0 Å². The van der Waals surface area contributed by atoms with Crippen molar-refractivity contribution in [2.45, 2.75) is 13.3 Å². The molecule has 6 nitrogen and oxygen atoms in total. The first-order chi connectivity index (χ1) is 9.49. The molecule has 0 fully saturated rings. The smallest absolute Gasteiger partial charge is 0.337 e. The molecule has 1 aromatic rings. The number of carbonyl (C=O) groups is 2. The fourth-order valence-electron chi connectivity index (χ4n) is 1.66. The zero-order chi connectivity index (χ0) is 15.1. The van der Waals surface area contributed by atoms with Crippen LogP contribution in [0.3, 0.4) is 0 Å². The fourth-order valence-corrected chi connectivity index (χ4v) is 2.15. The summed E-state index contributed by atoms with van der Waals surface area (Å²) in [6, 6.07) is 4.43. The Hall–Kier alpha value is -1.35. The Morgan fingerprint density at radius 1 is 1.40 bits per heavy atom. The first kappa shape index (κ1) is 16.7. The van der Waals surface area contributed by atoms with Gasteiger partial charge in [0, 0.05) is 23.3 Å². The monoisotopic (exact) mass is 392 g/mol. The molecule has 0 saturated carbocycles. The van der Waals surface area contributed by atoms with Crippen LogP contribution < -0.4 is 5.32 Å². The molecule has 0 bridgehead atoms. The number of aromatic carboxylic acids is 1. The number of carboxylic acids is 1. The predicted octanol–water partition coefficient (Wildman–Crippen LogP) is 2.23. The maximum absolute atomic E-state index is 12.0. The molecule has 0 spiro atoms. The van der Waals surface area contributed by atoms with Crippen LogP contribution in [0, 0.1) is 3.57 Å². The van der Waals surface area contributed by atoms with Gasteiger partial charge in [-0.05, 0) is 54.1 Å². The van der Waals surface area contributed by atoms with Crippen molar-refractivity contribution in [1.29, 1.82) is 0 Å². The third kappa shape index (κ3) is 4.64. The molecule has 20 heavy (non-hydrogen) atoms. The molecule has 0 aliphatic heterocycles. The second kappa shape index (κ2) is 8.05. The highest BCUT2D eigenvalue weighted by Gasteiger charge is 2.16. The molecule has 0 heterocycles. The number of aliphatic hydroxyl groups is 1. The summed E-state index contributed by atoms with van der Waals surface area (Å²) in [4.78, 5) is 24.7. The van der Waals surface area contributed by atoms with E-state index in [1.54, 1.807) is 12.1 Å². The topological polar surface area (TPSA) is 89.9 Å². The van der Waals surface area contributed by atoms with Crippen LogP contribution in [0.15, 0.2) is 18.2 Å². The van der Waals surface area contributed by atoms with Crippen molar-refractivity contribution >= 4 is 40.3 Å². The van der Waals surface area contributed by atoms with Gasteiger partial charge in [-0.3, -0.25) is 0 Å². The average Bonchev–Trinajstić information content (AvgIpc) is 2.41. The highest BCUT2D eigenvalue weighted by Crippen LogP contribution is 2.19. The minimum atomic E-state index is -1.09. The average molecular weight is 392 g/mol. The van der Waals surface area contributed by atoms with Crippen LogP contribution in [0.5, 0.6) is 0 Å². The first-order valence-corrected chi connectivity index (χ1v) is 7.27. The van der Waals surface area contributed by atoms with Crippen molar-refractivity contribution in [3.05, 3.63) is 27.3 Å². The van der Waals surface area contributed by atoms with Gasteiger partial charge in [0.1, 0.15) is 0 Å². The largest absolute Gasteiger partial charge is 0.478 e. The summed E-state index contributed by atoms with van der Waals surface area (Å²) >= 11 is 2.01. The van der Waals surface area contributed by atoms with Crippen molar-refractivity contribution in [3.8, 4) is 0 Å². The van der Waals surface area contributed by atoms with Crippen LogP contribution >= 0.6 is 22.6 Å². The van der Waals surface area contributed by atoms with Crippen molar-refractivity contribution < 1.29 is 19.8 Å². The number of nitrogens with one attached hydrogen (secondary N) is 1. The van der Waals surface area contributed by atoms with Crippen molar-refractivity contribution in [1.82, 2.24) is 4.90 Å². The number of rotatable bonds is 6. The minimum Gasteiger partial charge on any atom is -0.478 e. The maximum atomic E-state index is 12.0. The van der Waals surface area contributed by atoms with Gasteiger partial charge in [0.25, 0.3) is 0 Å². The summed E-state index contributed by atoms with van der Waals surface area (Å²) in [7, 11) is 0. The molecule has 1 aromatic carbocycles. The van der Waals surface area contributed by atoms with Gasteiger partial charge >= 0.3 is 12.0 Å². The first-order valence-electron chi connectivity index (χ1n) is 6.19. The number of anilines is 1. The Morgan fingerprint density at radius 2 is 2.10 bits per heavy atom. The van der Waals surface area contributed by atoms with E-state index in [1.807, 2.05) is 29.5 Å². The van der Waals surface area contributed by atoms with Gasteiger partial charge in [0.2, 0.25) is 0 Å². The van der Waals surface area contributed by atoms with Crippen LogP contribution in [-0.2, 0) is 0 Å². The third-order valence-electron chi connectivity index (χ3n) is 2.71. The molecule has 0 aliphatic carbocycles. The molecule has 0 unspecified atom stereocenters. The third-order valence-corrected chi connectivity index (χ3v) is 3.38. The number of aliphatic hydroxyl groups excluding tert-OH is 1. The summed E-state index contributed by atoms with van der Waals surface area (Å²) in [6.45, 7) is 2.74. The minimum absolute atomic E-state index is 0.00763. The number of benzene rings is 1. The second-order valence-corrected chi connectivity index (χ2v) is 5.33. The normalized spacial score (nSPS) is 10.2. The van der Waals surface area contributed by atoms with E-state index in [4.69, 9.17) is 10.2 Å². The zero-order valence-corrected chi connectivity index (χ0v) is 13.3. The molecule has 0 radical (unpaired) electrons. The molecule has 7 heteroatoms. The van der Waals surface area contributed by atoms with E-state index in [1.165, 1.54) is 11.0 Å². The molecule has 2 amide bonds. The number of amides is 2. The Bertz CT molecular complexity index is 493. The van der Waals surface area contributed by atoms with E-state index in [0.29, 0.717) is 19.5 Å². The lowest BCUT2D eigenvalue weighted by Crippen LogP contribution is -2.36. The maximum Gasteiger partial charge on any atom is 0.337 e. The molecule has 1 rings (SSSR count). The Balaban J connectivity index is 2.86. The lowest BCUT2D eigenvalue weighted by molar-refractivity contribution is 0.0698. The molecular formula is C13H17IN2O4. The van der Waals surface area contributed by atoms with Gasteiger partial charge < -0.3 is 20.4 Å². The predicted molar refractivity (Wildman–Crippen MR) is 84.1 cm³/mol. The number of halogens is 1. The highest BCUT2D eigenvalue weighted by atomic mass is 127. The van der Waals surface area contributed by atoms with Crippen molar-refractivity contribution in [2.24, 2.45) is 0 Å². The quantitative estimate of drug-likeness (QED) is 0.648. The summed E-state index contributed by atoms with van der Waals surface area (Å²) in [5, 5.41) is 20.5. The Kier molecular flexibility index (Phi) is 6.73. The molecule has 0 aromatic heterocycles. The van der Waals surface area contributed by atoms with Gasteiger partial charge in [0.15, 0.2) is 0 Å². The van der Waals surface area contributed by atoms with Crippen LogP contribution in [0.2, 0.25) is 0 Å². The van der Waals surface area contributed by atoms with E-state index in [0.717, 1.165) is 3.57 Å². The summed E-state index contributed by atoms with van der Waals surface area (Å²) in [6.07, 6.45) is 0.486. The number of carboxylic acid groups (broad SMARTS) is 1. The lowest BCUT2D eigenvalue weighted by Gasteiger charge is -2.21. The zero-order valence-electron chi connectivity index (χ0n) is 11.1. The second-order valence-electron chi connectivity index (χ2n) is 4.08. The van der Waals surface area contributed by atoms with E-state index in [-0.39, 0.29) is 23.9 Å². The summed E-state index contributed by atoms with van der Waals surface area (Å²) in [5.41, 5.74) is 0.328. The van der Waals surface area contributed by atoms with E-state index < -0.39 is 5.97 Å². The van der Waals surface area contributed by atoms with Gasteiger partial charge in [-0.1, -0.05) is 0 Å². The molecule has 0 saturated heterocycles. The summed E-state index contributed by atoms with van der Waals surface area (Å²) in [5.74, 6) is -1.09. The van der Waals surface area contributed by atoms with Gasteiger partial charge in [-0.15, -0.1) is 0 Å². The van der Waals surface area contributed by atoms with E-state index >= 15 is 0 Å². The van der Waals surface area contributed by atoms with Crippen molar-refractivity contribution in [2.75, 3.05) is 25.0 Å². The summed E-state index contributed by atoms with van der Waals surface area (Å²) < 4.78 is 0.783. The Labute approximate surface area is 130 Å². The van der Waals surface area contributed by atoms with Crippen LogP contribution in [0.1, 0.15) is 23.7 Å². The number of urea groups is 1. The van der Waals surface area contributed by atoms with Crippen LogP contribution in [0.4, 0.5) is 10.5 Å². The van der Waals surface area contributed by atoms with Crippen LogP contribution in [0.25, 0.3) is 0 Å². The highest BCUT2D eigenvalue weighted by molar-refractivity contribution is 14.1. The van der Waals surface area contributed by atoms with Crippen LogP contribution in [-0.4, -0.2) is 46.8 Å². The molecule has 110 valence electrons. The van der Waals surface area contributed by atoms with Gasteiger partial charge in [0.05, 0.1) is 11.3 Å². The fraction of sp³-hybridized carbons (Fsp3) is 0.385. The Morgan fingerprint density at radius 3 is 2.65 bits per heavy atom. The molecular weight excluding hydrogens is 375 g/mol. The number of carbonyl (C=O) groups excluding carboxylic acids is 1. The number of nitrogens with zero attached hydrogens (tertiary/aromatic N) is 1. The van der Waals surface area contributed by atoms with Gasteiger partial charge in [-0.25, -0.2) is 9.59 Å². The molecule has 0 aliphatic rings. The SMILES string of the molecule is CCN(CCCO)C(=O)Nc1ccc(I)cc1C(=O)O. The standard InChI is InChI=1S/C13H17IN2O4/c1-2-16(6-3-7-17)13(20)15-11-5-4-9(14)8-10(11)12(18)19/h4-5,8,17H,2-3,6-7H2,1H3,(H,15,20)(H,18,19). The number of hydrogen-bond acceptors (Lipinski definition) is 3. The van der Waals surface area contributed by atoms with Crippen molar-refractivity contribution in [3.63, 3.8) is 0 Å².